The highest BCUT2D eigenvalue weighted by Gasteiger charge is 2.09. The van der Waals surface area contributed by atoms with E-state index in [9.17, 15) is 4.79 Å². The quantitative estimate of drug-likeness (QED) is 0.857. The van der Waals surface area contributed by atoms with E-state index in [0.717, 1.165) is 17.9 Å². The van der Waals surface area contributed by atoms with Crippen molar-refractivity contribution in [1.29, 1.82) is 0 Å². The molecule has 1 aromatic carbocycles. The van der Waals surface area contributed by atoms with Crippen molar-refractivity contribution in [2.75, 3.05) is 32.5 Å². The Balaban J connectivity index is 2.12. The van der Waals surface area contributed by atoms with E-state index in [-0.39, 0.29) is 5.91 Å². The molecule has 0 radical (unpaired) electrons. The summed E-state index contributed by atoms with van der Waals surface area (Å²) in [5.74, 6) is -0.106. The lowest BCUT2D eigenvalue weighted by Crippen LogP contribution is -2.31. The molecule has 2 aromatic rings. The van der Waals surface area contributed by atoms with E-state index in [1.165, 1.54) is 16.7 Å². The zero-order valence-electron chi connectivity index (χ0n) is 15.1. The number of hydrogen-bond donors (Lipinski definition) is 2. The minimum atomic E-state index is -0.106. The van der Waals surface area contributed by atoms with Gasteiger partial charge >= 0.3 is 0 Å². The van der Waals surface area contributed by atoms with Crippen LogP contribution in [-0.2, 0) is 0 Å². The predicted molar refractivity (Wildman–Crippen MR) is 99.1 cm³/mol. The Hall–Kier alpha value is -2.40. The molecule has 1 heterocycles. The van der Waals surface area contributed by atoms with Gasteiger partial charge in [-0.1, -0.05) is 17.7 Å². The number of anilines is 2. The van der Waals surface area contributed by atoms with Crippen LogP contribution in [-0.4, -0.2) is 43.0 Å². The Morgan fingerprint density at radius 1 is 1.08 bits per heavy atom. The van der Waals surface area contributed by atoms with Crippen LogP contribution < -0.4 is 10.6 Å². The van der Waals surface area contributed by atoms with Crippen LogP contribution in [0.15, 0.2) is 30.6 Å². The Labute approximate surface area is 144 Å². The average molecular weight is 326 g/mol. The zero-order valence-corrected chi connectivity index (χ0v) is 15.1. The number of likely N-dealkylation sites (N-methyl/N-ethyl adjacent to an activating group) is 1. The number of pyridine rings is 1. The topological polar surface area (TPSA) is 57.3 Å². The maximum absolute atomic E-state index is 12.2. The number of aryl methyl sites for hydroxylation is 3. The first-order chi connectivity index (χ1) is 11.4. The van der Waals surface area contributed by atoms with Crippen LogP contribution in [0.3, 0.4) is 0 Å². The molecule has 0 saturated carbocycles. The van der Waals surface area contributed by atoms with Crippen LogP contribution in [0.5, 0.6) is 0 Å². The van der Waals surface area contributed by atoms with Crippen molar-refractivity contribution < 1.29 is 4.79 Å². The van der Waals surface area contributed by atoms with Crippen LogP contribution in [0.4, 0.5) is 11.4 Å². The smallest absolute Gasteiger partial charge is 0.252 e. The molecule has 1 amide bonds. The number of nitrogens with one attached hydrogen (secondary N) is 2. The minimum absolute atomic E-state index is 0.106. The van der Waals surface area contributed by atoms with Gasteiger partial charge in [0.25, 0.3) is 5.91 Å². The second-order valence-corrected chi connectivity index (χ2v) is 6.42. The highest BCUT2D eigenvalue weighted by Crippen LogP contribution is 2.25. The van der Waals surface area contributed by atoms with Gasteiger partial charge in [-0.2, -0.15) is 0 Å². The van der Waals surface area contributed by atoms with Gasteiger partial charge in [-0.05, 0) is 52.1 Å². The molecule has 2 rings (SSSR count). The summed E-state index contributed by atoms with van der Waals surface area (Å²) in [4.78, 5) is 18.4. The molecule has 2 N–H and O–H groups in total. The number of carbonyl (C=O) groups excluding carboxylic acids is 1. The van der Waals surface area contributed by atoms with Gasteiger partial charge in [0.15, 0.2) is 0 Å². The summed E-state index contributed by atoms with van der Waals surface area (Å²) in [6.07, 6.45) is 3.32. The fourth-order valence-corrected chi connectivity index (χ4v) is 2.65. The van der Waals surface area contributed by atoms with Crippen LogP contribution in [0.2, 0.25) is 0 Å². The predicted octanol–water partition coefficient (Wildman–Crippen LogP) is 3.04. The maximum Gasteiger partial charge on any atom is 0.252 e. The number of nitrogens with zero attached hydrogens (tertiary/aromatic N) is 2. The summed E-state index contributed by atoms with van der Waals surface area (Å²) in [5.41, 5.74) is 6.02. The average Bonchev–Trinajstić information content (AvgIpc) is 2.50. The molecule has 5 heteroatoms. The molecule has 128 valence electrons. The highest BCUT2D eigenvalue weighted by atomic mass is 16.1. The Kier molecular flexibility index (Phi) is 5.93. The summed E-state index contributed by atoms with van der Waals surface area (Å²) >= 11 is 0. The molecule has 0 fully saturated rings. The van der Waals surface area contributed by atoms with Crippen molar-refractivity contribution in [3.05, 3.63) is 52.8 Å². The molecule has 5 nitrogen and oxygen atoms in total. The summed E-state index contributed by atoms with van der Waals surface area (Å²) in [6.45, 7) is 7.66. The van der Waals surface area contributed by atoms with E-state index in [1.54, 1.807) is 12.4 Å². The summed E-state index contributed by atoms with van der Waals surface area (Å²) in [5, 5.41) is 6.29. The Morgan fingerprint density at radius 3 is 2.38 bits per heavy atom. The van der Waals surface area contributed by atoms with Gasteiger partial charge < -0.3 is 15.5 Å². The van der Waals surface area contributed by atoms with Gasteiger partial charge in [0.2, 0.25) is 0 Å². The van der Waals surface area contributed by atoms with Gasteiger partial charge in [0, 0.05) is 25.0 Å². The molecule has 24 heavy (non-hydrogen) atoms. The molecule has 0 spiro atoms. The van der Waals surface area contributed by atoms with Crippen molar-refractivity contribution in [3.63, 3.8) is 0 Å². The lowest BCUT2D eigenvalue weighted by molar-refractivity contribution is 0.0950. The summed E-state index contributed by atoms with van der Waals surface area (Å²) in [6, 6.07) is 6.11. The third kappa shape index (κ3) is 4.80. The second kappa shape index (κ2) is 7.93. The lowest BCUT2D eigenvalue weighted by atomic mass is 10.0. The zero-order chi connectivity index (χ0) is 17.7. The van der Waals surface area contributed by atoms with Gasteiger partial charge in [-0.3, -0.25) is 9.78 Å². The number of aromatic nitrogens is 1. The van der Waals surface area contributed by atoms with Crippen LogP contribution in [0.25, 0.3) is 0 Å². The van der Waals surface area contributed by atoms with Crippen molar-refractivity contribution in [2.45, 2.75) is 20.8 Å². The highest BCUT2D eigenvalue weighted by molar-refractivity contribution is 5.94. The van der Waals surface area contributed by atoms with E-state index >= 15 is 0 Å². The fraction of sp³-hybridized carbons (Fsp3) is 0.368. The van der Waals surface area contributed by atoms with E-state index in [0.29, 0.717) is 12.1 Å². The SMILES string of the molecule is Cc1cc(C)c(Nc2cncc(C(=O)NCCN(C)C)c2)c(C)c1. The molecular formula is C19H26N4O. The van der Waals surface area contributed by atoms with E-state index in [2.05, 4.69) is 48.5 Å². The van der Waals surface area contributed by atoms with Crippen LogP contribution in [0, 0.1) is 20.8 Å². The molecule has 0 aliphatic carbocycles. The van der Waals surface area contributed by atoms with E-state index in [4.69, 9.17) is 0 Å². The summed E-state index contributed by atoms with van der Waals surface area (Å²) < 4.78 is 0. The second-order valence-electron chi connectivity index (χ2n) is 6.42. The molecule has 0 aliphatic rings. The van der Waals surface area contributed by atoms with Gasteiger partial charge in [-0.15, -0.1) is 0 Å². The number of rotatable bonds is 6. The number of amides is 1. The van der Waals surface area contributed by atoms with Gasteiger partial charge in [-0.25, -0.2) is 0 Å². The fourth-order valence-electron chi connectivity index (χ4n) is 2.65. The third-order valence-corrected chi connectivity index (χ3v) is 3.79. The molecule has 0 atom stereocenters. The molecule has 0 bridgehead atoms. The van der Waals surface area contributed by atoms with Gasteiger partial charge in [0.1, 0.15) is 0 Å². The number of hydrogen-bond acceptors (Lipinski definition) is 4. The molecule has 1 aromatic heterocycles. The molecule has 0 aliphatic heterocycles. The molecule has 0 saturated heterocycles. The standard InChI is InChI=1S/C19H26N4O/c1-13-8-14(2)18(15(3)9-13)22-17-10-16(11-20-12-17)19(24)21-6-7-23(4)5/h8-12,22H,6-7H2,1-5H3,(H,21,24). The van der Waals surface area contributed by atoms with Crippen molar-refractivity contribution >= 4 is 17.3 Å². The number of carbonyl (C=O) groups is 1. The van der Waals surface area contributed by atoms with E-state index in [1.807, 2.05) is 25.1 Å². The third-order valence-electron chi connectivity index (χ3n) is 3.79. The van der Waals surface area contributed by atoms with E-state index < -0.39 is 0 Å². The first kappa shape index (κ1) is 17.9. The lowest BCUT2D eigenvalue weighted by Gasteiger charge is -2.14. The van der Waals surface area contributed by atoms with Crippen LogP contribution in [0.1, 0.15) is 27.0 Å². The largest absolute Gasteiger partial charge is 0.354 e. The summed E-state index contributed by atoms with van der Waals surface area (Å²) in [7, 11) is 3.95. The minimum Gasteiger partial charge on any atom is -0.354 e. The normalized spacial score (nSPS) is 10.8. The first-order valence-corrected chi connectivity index (χ1v) is 8.09. The van der Waals surface area contributed by atoms with Gasteiger partial charge in [0.05, 0.1) is 17.4 Å². The monoisotopic (exact) mass is 326 g/mol. The van der Waals surface area contributed by atoms with Crippen molar-refractivity contribution in [3.8, 4) is 0 Å². The maximum atomic E-state index is 12.2. The van der Waals surface area contributed by atoms with Crippen molar-refractivity contribution in [2.24, 2.45) is 0 Å². The Morgan fingerprint density at radius 2 is 1.75 bits per heavy atom. The first-order valence-electron chi connectivity index (χ1n) is 8.09. The number of benzene rings is 1. The molecule has 0 unspecified atom stereocenters. The van der Waals surface area contributed by atoms with Crippen LogP contribution >= 0.6 is 0 Å². The molecular weight excluding hydrogens is 300 g/mol. The van der Waals surface area contributed by atoms with Crippen molar-refractivity contribution in [1.82, 2.24) is 15.2 Å². The Bertz CT molecular complexity index is 702.